The number of amides is 2. The SMILES string of the molecule is CCCCCCCCCCCCCCCCOP(=O)(CCCNCCCC[C@H](NC(=O)c1ccc(Cn2c(=O)[nH]c3c(N)nc(NCCCC)nc32)cc1)C(=O)NCCCNCCCCCCCCN)OCCCCCCCCCCCCCCCC. The number of nitrogens with zero attached hydrogens (tertiary/aromatic N) is 3. The second-order valence-corrected chi connectivity index (χ2v) is 26.9. The van der Waals surface area contributed by atoms with E-state index in [0.717, 1.165) is 96.0 Å². The van der Waals surface area contributed by atoms with Crippen LogP contribution in [-0.4, -0.2) is 103 Å². The number of carbonyl (C=O) groups excluding carboxylic acids is 2. The monoisotopic (exact) mass is 1240 g/mol. The summed E-state index contributed by atoms with van der Waals surface area (Å²) in [6.07, 6.45) is 49.0. The van der Waals surface area contributed by atoms with Crippen molar-refractivity contribution in [1.29, 1.82) is 0 Å². The van der Waals surface area contributed by atoms with Gasteiger partial charge < -0.3 is 52.1 Å². The highest BCUT2D eigenvalue weighted by molar-refractivity contribution is 7.53. The maximum Gasteiger partial charge on any atom is 0.330 e. The molecule has 3 aromatic rings. The van der Waals surface area contributed by atoms with Gasteiger partial charge >= 0.3 is 13.3 Å². The van der Waals surface area contributed by atoms with Crippen molar-refractivity contribution in [3.8, 4) is 0 Å². The number of nitrogen functional groups attached to an aromatic ring is 1. The van der Waals surface area contributed by atoms with Crippen LogP contribution in [0.15, 0.2) is 29.1 Å². The molecule has 0 radical (unpaired) electrons. The normalized spacial score (nSPS) is 12.1. The number of hydrogen-bond acceptors (Lipinski definition) is 13. The molecule has 0 unspecified atom stereocenters. The highest BCUT2D eigenvalue weighted by atomic mass is 31.2. The van der Waals surface area contributed by atoms with Crippen LogP contribution in [0.1, 0.15) is 300 Å². The van der Waals surface area contributed by atoms with Crippen LogP contribution in [0.3, 0.4) is 0 Å². The van der Waals surface area contributed by atoms with Gasteiger partial charge in [-0.2, -0.15) is 9.97 Å². The number of unbranched alkanes of at least 4 members (excludes halogenated alkanes) is 33. The molecule has 2 aromatic heterocycles. The van der Waals surface area contributed by atoms with Crippen LogP contribution in [-0.2, 0) is 25.0 Å². The van der Waals surface area contributed by atoms with E-state index in [1.165, 1.54) is 184 Å². The van der Waals surface area contributed by atoms with Gasteiger partial charge in [0.05, 0.1) is 25.9 Å². The van der Waals surface area contributed by atoms with Crippen molar-refractivity contribution < 1.29 is 23.2 Å². The first-order valence-electron chi connectivity index (χ1n) is 35.8. The van der Waals surface area contributed by atoms with Gasteiger partial charge in [0, 0.05) is 18.7 Å². The summed E-state index contributed by atoms with van der Waals surface area (Å²) in [5, 5.41) is 16.3. The summed E-state index contributed by atoms with van der Waals surface area (Å²) in [6, 6.07) is 6.32. The molecule has 500 valence electrons. The lowest BCUT2D eigenvalue weighted by Gasteiger charge is -2.19. The molecular formula is C69H128N11O6P. The number of carbonyl (C=O) groups is 2. The van der Waals surface area contributed by atoms with Crippen LogP contribution in [0.4, 0.5) is 11.8 Å². The Labute approximate surface area is 528 Å². The predicted molar refractivity (Wildman–Crippen MR) is 366 cm³/mol. The van der Waals surface area contributed by atoms with E-state index in [1.807, 2.05) is 0 Å². The third-order valence-corrected chi connectivity index (χ3v) is 18.7. The molecule has 1 aromatic carbocycles. The number of hydrogen-bond donors (Lipinski definition) is 8. The third-order valence-electron chi connectivity index (χ3n) is 16.7. The predicted octanol–water partition coefficient (Wildman–Crippen LogP) is 15.8. The number of nitrogens with one attached hydrogen (secondary N) is 6. The van der Waals surface area contributed by atoms with Gasteiger partial charge in [-0.3, -0.25) is 18.7 Å². The summed E-state index contributed by atoms with van der Waals surface area (Å²) in [6.45, 7) is 12.9. The first-order valence-corrected chi connectivity index (χ1v) is 37.5. The quantitative estimate of drug-likeness (QED) is 0.0194. The molecular weight excluding hydrogens is 1110 g/mol. The number of imidazole rings is 1. The average Bonchev–Trinajstić information content (AvgIpc) is 1.79. The Balaban J connectivity index is 1.48. The number of H-pyrrole nitrogens is 1. The van der Waals surface area contributed by atoms with Gasteiger partial charge in [0.25, 0.3) is 5.91 Å². The van der Waals surface area contributed by atoms with Crippen LogP contribution < -0.4 is 43.7 Å². The Morgan fingerprint density at radius 2 is 1.01 bits per heavy atom. The number of nitrogens with two attached hydrogens (primary N) is 2. The van der Waals surface area contributed by atoms with Crippen molar-refractivity contribution in [2.24, 2.45) is 5.73 Å². The van der Waals surface area contributed by atoms with E-state index < -0.39 is 13.6 Å². The maximum absolute atomic E-state index is 14.2. The number of aromatic nitrogens is 4. The third kappa shape index (κ3) is 38.4. The lowest BCUT2D eigenvalue weighted by Crippen LogP contribution is -2.47. The number of anilines is 2. The van der Waals surface area contributed by atoms with E-state index in [4.69, 9.17) is 20.5 Å². The topological polar surface area (TPSA) is 245 Å². The molecule has 10 N–H and O–H groups in total. The minimum absolute atomic E-state index is 0.189. The molecule has 18 heteroatoms. The summed E-state index contributed by atoms with van der Waals surface area (Å²) >= 11 is 0. The van der Waals surface area contributed by atoms with Crippen LogP contribution >= 0.6 is 7.60 Å². The summed E-state index contributed by atoms with van der Waals surface area (Å²) < 4.78 is 28.0. The van der Waals surface area contributed by atoms with Crippen LogP contribution in [0.2, 0.25) is 0 Å². The van der Waals surface area contributed by atoms with Gasteiger partial charge in [-0.15, -0.1) is 0 Å². The van der Waals surface area contributed by atoms with Gasteiger partial charge in [-0.1, -0.05) is 232 Å². The highest BCUT2D eigenvalue weighted by Gasteiger charge is 2.25. The van der Waals surface area contributed by atoms with Gasteiger partial charge in [0.1, 0.15) is 11.6 Å². The molecule has 0 aliphatic rings. The van der Waals surface area contributed by atoms with Crippen molar-refractivity contribution in [1.82, 2.24) is 40.8 Å². The van der Waals surface area contributed by atoms with Crippen molar-refractivity contribution in [3.63, 3.8) is 0 Å². The standard InChI is InChI=1S/C69H128N11O6P/c1-4-7-10-12-14-16-18-20-22-24-26-30-34-40-56-85-87(84,86-57-41-35-31-27-25-23-21-19-17-15-13-11-8-5-2)58-43-53-73-51-39-36-44-62(67(82)74-55-42-52-72-50-38-33-29-28-32-37-49-70)76-66(81)61-47-45-60(46-48-61)59-80-65-63(77-69(80)83)64(71)78-68(79-65)75-54-9-6-3/h45-48,62,72-73H,4-44,49-59,70H2,1-3H3,(H,74,82)(H,76,81)(H,77,83)(H3,71,75,78,79)/t62-/m0/s1. The molecule has 0 bridgehead atoms. The lowest BCUT2D eigenvalue weighted by atomic mass is 10.0. The van der Waals surface area contributed by atoms with Crippen LogP contribution in [0, 0.1) is 0 Å². The summed E-state index contributed by atoms with van der Waals surface area (Å²) in [5.41, 5.74) is 13.5. The molecule has 0 saturated heterocycles. The van der Waals surface area contributed by atoms with Crippen LogP contribution in [0.5, 0.6) is 0 Å². The largest absolute Gasteiger partial charge is 0.382 e. The fraction of sp³-hybridized carbons (Fsp3) is 0.812. The second kappa shape index (κ2) is 52.9. The zero-order valence-corrected chi connectivity index (χ0v) is 56.4. The molecule has 2 amide bonds. The summed E-state index contributed by atoms with van der Waals surface area (Å²) in [4.78, 5) is 52.3. The first-order chi connectivity index (χ1) is 42.6. The molecule has 1 atom stereocenters. The van der Waals surface area contributed by atoms with E-state index in [-0.39, 0.29) is 29.9 Å². The van der Waals surface area contributed by atoms with Crippen molar-refractivity contribution in [2.45, 2.75) is 297 Å². The van der Waals surface area contributed by atoms with Crippen LogP contribution in [0.25, 0.3) is 11.2 Å². The second-order valence-electron chi connectivity index (χ2n) is 24.7. The maximum atomic E-state index is 14.2. The van der Waals surface area contributed by atoms with Gasteiger partial charge in [-0.25, -0.2) is 4.79 Å². The molecule has 0 spiro atoms. The molecule has 0 aliphatic carbocycles. The van der Waals surface area contributed by atoms with E-state index in [9.17, 15) is 18.9 Å². The summed E-state index contributed by atoms with van der Waals surface area (Å²) in [5.74, 6) is 0.00258. The molecule has 0 saturated carbocycles. The molecule has 0 aliphatic heterocycles. The Kier molecular flexibility index (Phi) is 47.0. The zero-order valence-electron chi connectivity index (χ0n) is 55.5. The molecule has 2 heterocycles. The van der Waals surface area contributed by atoms with Gasteiger partial charge in [-0.05, 0) is 115 Å². The minimum Gasteiger partial charge on any atom is -0.382 e. The smallest absolute Gasteiger partial charge is 0.330 e. The minimum atomic E-state index is -3.24. The first kappa shape index (κ1) is 77.4. The van der Waals surface area contributed by atoms with E-state index in [2.05, 4.69) is 62.3 Å². The molecule has 87 heavy (non-hydrogen) atoms. The number of aromatic amines is 1. The fourth-order valence-corrected chi connectivity index (χ4v) is 12.9. The zero-order chi connectivity index (χ0) is 62.5. The van der Waals surface area contributed by atoms with Crippen molar-refractivity contribution in [2.75, 3.05) is 76.2 Å². The average molecular weight is 1240 g/mol. The van der Waals surface area contributed by atoms with Crippen molar-refractivity contribution in [3.05, 3.63) is 45.9 Å². The Bertz CT molecular complexity index is 2210. The van der Waals surface area contributed by atoms with Crippen molar-refractivity contribution >= 4 is 42.3 Å². The fourth-order valence-electron chi connectivity index (χ4n) is 11.2. The highest BCUT2D eigenvalue weighted by Crippen LogP contribution is 2.49. The number of benzene rings is 1. The number of fused-ring (bicyclic) bond motifs is 1. The Morgan fingerprint density at radius 3 is 1.53 bits per heavy atom. The van der Waals surface area contributed by atoms with Gasteiger partial charge in [0.2, 0.25) is 11.9 Å². The molecule has 0 fully saturated rings. The number of rotatable bonds is 62. The molecule has 3 rings (SSSR count). The van der Waals surface area contributed by atoms with E-state index >= 15 is 0 Å². The molecule has 17 nitrogen and oxygen atoms in total. The van der Waals surface area contributed by atoms with E-state index in [0.29, 0.717) is 80.9 Å². The summed E-state index contributed by atoms with van der Waals surface area (Å²) in [7, 11) is -3.24. The Morgan fingerprint density at radius 1 is 0.552 bits per heavy atom. The van der Waals surface area contributed by atoms with E-state index in [1.54, 1.807) is 24.3 Å². The Hall–Kier alpha value is -3.86. The van der Waals surface area contributed by atoms with Gasteiger partial charge in [0.15, 0.2) is 11.5 Å². The lowest BCUT2D eigenvalue weighted by molar-refractivity contribution is -0.123.